The number of carbonyl (C=O) groups is 1. The summed E-state index contributed by atoms with van der Waals surface area (Å²) in [4.78, 5) is 11.8. The van der Waals surface area contributed by atoms with Gasteiger partial charge < -0.3 is 9.84 Å². The summed E-state index contributed by atoms with van der Waals surface area (Å²) in [6, 6.07) is 7.65. The molecule has 5 nitrogen and oxygen atoms in total. The molecule has 0 fully saturated rings. The molecule has 0 saturated heterocycles. The van der Waals surface area contributed by atoms with Gasteiger partial charge in [0.25, 0.3) is 0 Å². The SMILES string of the molecule is Cn1cc(CCC2(C(=O)O)COc3ccccc3C2)cn1. The van der Waals surface area contributed by atoms with Crippen LogP contribution in [0.4, 0.5) is 0 Å². The van der Waals surface area contributed by atoms with E-state index in [0.717, 1.165) is 16.9 Å². The average Bonchev–Trinajstić information content (AvgIpc) is 2.90. The normalized spacial score (nSPS) is 20.6. The Morgan fingerprint density at radius 3 is 3.00 bits per heavy atom. The van der Waals surface area contributed by atoms with Crippen molar-refractivity contribution in [1.29, 1.82) is 0 Å². The number of aliphatic carboxylic acids is 1. The summed E-state index contributed by atoms with van der Waals surface area (Å²) in [5, 5.41) is 13.8. The third kappa shape index (κ3) is 2.63. The minimum atomic E-state index is -0.857. The second kappa shape index (κ2) is 5.24. The van der Waals surface area contributed by atoms with E-state index in [0.29, 0.717) is 19.3 Å². The van der Waals surface area contributed by atoms with Crippen molar-refractivity contribution in [3.05, 3.63) is 47.8 Å². The van der Waals surface area contributed by atoms with Gasteiger partial charge in [-0.1, -0.05) is 18.2 Å². The molecule has 3 rings (SSSR count). The maximum atomic E-state index is 11.8. The highest BCUT2D eigenvalue weighted by Gasteiger charge is 2.42. The third-order valence-corrected chi connectivity index (χ3v) is 4.11. The van der Waals surface area contributed by atoms with E-state index < -0.39 is 11.4 Å². The molecule has 2 heterocycles. The Kier molecular flexibility index (Phi) is 3.41. The number of hydrogen-bond acceptors (Lipinski definition) is 3. The molecule has 0 spiro atoms. The van der Waals surface area contributed by atoms with Crippen molar-refractivity contribution in [2.24, 2.45) is 12.5 Å². The van der Waals surface area contributed by atoms with Crippen LogP contribution >= 0.6 is 0 Å². The van der Waals surface area contributed by atoms with Crippen LogP contribution in [0.2, 0.25) is 0 Å². The van der Waals surface area contributed by atoms with Gasteiger partial charge in [-0.15, -0.1) is 0 Å². The van der Waals surface area contributed by atoms with Crippen LogP contribution in [-0.2, 0) is 24.7 Å². The second-order valence-corrected chi connectivity index (χ2v) is 5.68. The van der Waals surface area contributed by atoms with Crippen LogP contribution in [0.1, 0.15) is 17.5 Å². The van der Waals surface area contributed by atoms with E-state index in [4.69, 9.17) is 4.74 Å². The fourth-order valence-electron chi connectivity index (χ4n) is 2.81. The van der Waals surface area contributed by atoms with Crippen LogP contribution in [0, 0.1) is 5.41 Å². The molecule has 5 heteroatoms. The first-order valence-electron chi connectivity index (χ1n) is 7.01. The standard InChI is InChI=1S/C16H18N2O3/c1-18-10-12(9-17-18)6-7-16(15(19)20)8-13-4-2-3-5-14(13)21-11-16/h2-5,9-10H,6-8,11H2,1H3,(H,19,20). The highest BCUT2D eigenvalue weighted by molar-refractivity contribution is 5.76. The zero-order valence-corrected chi connectivity index (χ0v) is 12.0. The van der Waals surface area contributed by atoms with Gasteiger partial charge in [0, 0.05) is 13.2 Å². The van der Waals surface area contributed by atoms with Gasteiger partial charge in [-0.3, -0.25) is 9.48 Å². The van der Waals surface area contributed by atoms with Crippen LogP contribution in [0.5, 0.6) is 5.75 Å². The molecule has 0 radical (unpaired) electrons. The molecule has 0 aliphatic carbocycles. The van der Waals surface area contributed by atoms with Crippen LogP contribution < -0.4 is 4.74 Å². The number of hydrogen-bond donors (Lipinski definition) is 1. The lowest BCUT2D eigenvalue weighted by Gasteiger charge is -2.34. The molecule has 21 heavy (non-hydrogen) atoms. The highest BCUT2D eigenvalue weighted by Crippen LogP contribution is 2.38. The molecule has 1 aliphatic heterocycles. The molecule has 0 amide bonds. The van der Waals surface area contributed by atoms with Crippen molar-refractivity contribution in [1.82, 2.24) is 9.78 Å². The number of carboxylic acid groups (broad SMARTS) is 1. The first kappa shape index (κ1) is 13.7. The largest absolute Gasteiger partial charge is 0.492 e. The van der Waals surface area contributed by atoms with Crippen molar-refractivity contribution in [2.45, 2.75) is 19.3 Å². The number of benzene rings is 1. The summed E-state index contributed by atoms with van der Waals surface area (Å²) in [6.07, 6.45) is 5.45. The predicted molar refractivity (Wildman–Crippen MR) is 77.2 cm³/mol. The van der Waals surface area contributed by atoms with Crippen molar-refractivity contribution in [2.75, 3.05) is 6.61 Å². The van der Waals surface area contributed by atoms with E-state index in [1.165, 1.54) is 0 Å². The summed E-state index contributed by atoms with van der Waals surface area (Å²) in [5.74, 6) is 0.0108. The number of fused-ring (bicyclic) bond motifs is 1. The van der Waals surface area contributed by atoms with Gasteiger partial charge in [0.2, 0.25) is 0 Å². The van der Waals surface area contributed by atoms with Crippen molar-refractivity contribution in [3.63, 3.8) is 0 Å². The van der Waals surface area contributed by atoms with Crippen LogP contribution in [0.3, 0.4) is 0 Å². The molecular weight excluding hydrogens is 268 g/mol. The van der Waals surface area contributed by atoms with Crippen LogP contribution in [0.25, 0.3) is 0 Å². The smallest absolute Gasteiger partial charge is 0.313 e. The van der Waals surface area contributed by atoms with Gasteiger partial charge >= 0.3 is 5.97 Å². The molecule has 1 unspecified atom stereocenters. The maximum Gasteiger partial charge on any atom is 0.313 e. The lowest BCUT2D eigenvalue weighted by Crippen LogP contribution is -2.42. The number of aromatic nitrogens is 2. The first-order chi connectivity index (χ1) is 10.1. The van der Waals surface area contributed by atoms with Crippen LogP contribution in [-0.4, -0.2) is 27.5 Å². The first-order valence-corrected chi connectivity index (χ1v) is 7.01. The van der Waals surface area contributed by atoms with E-state index in [-0.39, 0.29) is 6.61 Å². The Morgan fingerprint density at radius 2 is 2.29 bits per heavy atom. The van der Waals surface area contributed by atoms with Crippen molar-refractivity contribution in [3.8, 4) is 5.75 Å². The summed E-state index contributed by atoms with van der Waals surface area (Å²) in [5.41, 5.74) is 1.17. The predicted octanol–water partition coefficient (Wildman–Crippen LogP) is 2.06. The van der Waals surface area contributed by atoms with E-state index in [1.807, 2.05) is 37.5 Å². The van der Waals surface area contributed by atoms with Gasteiger partial charge in [-0.25, -0.2) is 0 Å². The molecule has 1 N–H and O–H groups in total. The summed E-state index contributed by atoms with van der Waals surface area (Å²) in [7, 11) is 1.86. The Morgan fingerprint density at radius 1 is 1.48 bits per heavy atom. The van der Waals surface area contributed by atoms with Gasteiger partial charge in [-0.2, -0.15) is 5.10 Å². The fourth-order valence-corrected chi connectivity index (χ4v) is 2.81. The molecule has 1 atom stereocenters. The lowest BCUT2D eigenvalue weighted by atomic mass is 9.76. The van der Waals surface area contributed by atoms with E-state index in [2.05, 4.69) is 5.10 Å². The monoisotopic (exact) mass is 286 g/mol. The second-order valence-electron chi connectivity index (χ2n) is 5.68. The number of rotatable bonds is 4. The topological polar surface area (TPSA) is 64.4 Å². The third-order valence-electron chi connectivity index (χ3n) is 4.11. The fraction of sp³-hybridized carbons (Fsp3) is 0.375. The van der Waals surface area contributed by atoms with E-state index >= 15 is 0 Å². The maximum absolute atomic E-state index is 11.8. The number of ether oxygens (including phenoxy) is 1. The molecule has 1 aromatic heterocycles. The molecule has 2 aromatic rings. The zero-order chi connectivity index (χ0) is 14.9. The van der Waals surface area contributed by atoms with Crippen LogP contribution in [0.15, 0.2) is 36.7 Å². The summed E-state index contributed by atoms with van der Waals surface area (Å²) in [6.45, 7) is 0.222. The Balaban J connectivity index is 1.80. The number of aryl methyl sites for hydroxylation is 2. The number of para-hydroxylation sites is 1. The Labute approximate surface area is 123 Å². The zero-order valence-electron chi connectivity index (χ0n) is 12.0. The Bertz CT molecular complexity index is 665. The Hall–Kier alpha value is -2.30. The number of nitrogens with zero attached hydrogens (tertiary/aromatic N) is 2. The van der Waals surface area contributed by atoms with Gasteiger partial charge in [0.05, 0.1) is 6.20 Å². The lowest BCUT2D eigenvalue weighted by molar-refractivity contribution is -0.152. The quantitative estimate of drug-likeness (QED) is 0.934. The molecule has 0 bridgehead atoms. The highest BCUT2D eigenvalue weighted by atomic mass is 16.5. The van der Waals surface area contributed by atoms with Gasteiger partial charge in [0.15, 0.2) is 0 Å². The minimum absolute atomic E-state index is 0.222. The van der Waals surface area contributed by atoms with Crippen molar-refractivity contribution >= 4 is 5.97 Å². The minimum Gasteiger partial charge on any atom is -0.492 e. The molecule has 1 aromatic carbocycles. The molecule has 110 valence electrons. The summed E-state index contributed by atoms with van der Waals surface area (Å²) >= 11 is 0. The van der Waals surface area contributed by atoms with Gasteiger partial charge in [0.1, 0.15) is 17.8 Å². The average molecular weight is 286 g/mol. The van der Waals surface area contributed by atoms with Gasteiger partial charge in [-0.05, 0) is 36.5 Å². The number of carboxylic acids is 1. The molecule has 0 saturated carbocycles. The van der Waals surface area contributed by atoms with E-state index in [9.17, 15) is 9.90 Å². The van der Waals surface area contributed by atoms with Crippen molar-refractivity contribution < 1.29 is 14.6 Å². The molecular formula is C16H18N2O3. The van der Waals surface area contributed by atoms with E-state index in [1.54, 1.807) is 10.9 Å². The molecule has 1 aliphatic rings. The summed E-state index contributed by atoms with van der Waals surface area (Å²) < 4.78 is 7.42.